The van der Waals surface area contributed by atoms with E-state index < -0.39 is 6.10 Å². The third-order valence-electron chi connectivity index (χ3n) is 14.8. The number of carbonyl (C=O) groups excluding carboxylic acids is 3. The lowest BCUT2D eigenvalue weighted by Gasteiger charge is -2.18. The van der Waals surface area contributed by atoms with Gasteiger partial charge >= 0.3 is 17.9 Å². The molecule has 0 aromatic carbocycles. The van der Waals surface area contributed by atoms with Crippen LogP contribution in [-0.4, -0.2) is 37.2 Å². The van der Waals surface area contributed by atoms with E-state index in [1.807, 2.05) is 0 Å². The lowest BCUT2D eigenvalue weighted by atomic mass is 10.0. The monoisotopic (exact) mass is 1120 g/mol. The SMILES string of the molecule is CC/C=C\C/C=C\C/C=C\C/C=C\C/C=C\C/C=C\C/C=C\CCCCCCCC(=O)OCC(COC(=O)CCCCCCCCC/C=C\C/C=C\CCCCC)OC(=O)CCCCCCCCCCCCCCCCCCCCC. The lowest BCUT2D eigenvalue weighted by molar-refractivity contribution is -0.167. The zero-order chi connectivity index (χ0) is 58.5. The predicted molar refractivity (Wildman–Crippen MR) is 353 cm³/mol. The molecule has 0 saturated heterocycles. The van der Waals surface area contributed by atoms with Gasteiger partial charge in [0, 0.05) is 19.3 Å². The molecule has 0 fully saturated rings. The molecular formula is C75H128O6. The van der Waals surface area contributed by atoms with Crippen LogP contribution in [0.5, 0.6) is 0 Å². The molecule has 0 rings (SSSR count). The van der Waals surface area contributed by atoms with Gasteiger partial charge in [-0.2, -0.15) is 0 Å². The summed E-state index contributed by atoms with van der Waals surface area (Å²) in [5.74, 6) is -0.899. The van der Waals surface area contributed by atoms with Crippen molar-refractivity contribution in [2.75, 3.05) is 13.2 Å². The Hall–Kier alpha value is -3.93. The second kappa shape index (κ2) is 68.6. The first-order chi connectivity index (χ1) is 40.0. The smallest absolute Gasteiger partial charge is 0.306 e. The number of hydrogen-bond acceptors (Lipinski definition) is 6. The van der Waals surface area contributed by atoms with Crippen molar-refractivity contribution >= 4 is 17.9 Å². The Balaban J connectivity index is 4.41. The first-order valence-corrected chi connectivity index (χ1v) is 34.4. The zero-order valence-electron chi connectivity index (χ0n) is 53.3. The molecule has 0 saturated carbocycles. The molecule has 1 unspecified atom stereocenters. The second-order valence-electron chi connectivity index (χ2n) is 22.7. The van der Waals surface area contributed by atoms with Gasteiger partial charge in [0.2, 0.25) is 0 Å². The van der Waals surface area contributed by atoms with Crippen molar-refractivity contribution in [3.63, 3.8) is 0 Å². The quantitative estimate of drug-likeness (QED) is 0.0261. The Bertz CT molecular complexity index is 1620. The number of rotatable bonds is 62. The maximum atomic E-state index is 13.0. The molecule has 0 bridgehead atoms. The highest BCUT2D eigenvalue weighted by Crippen LogP contribution is 2.17. The summed E-state index contributed by atoms with van der Waals surface area (Å²) in [5.41, 5.74) is 0. The minimum absolute atomic E-state index is 0.0867. The Morgan fingerprint density at radius 1 is 0.259 bits per heavy atom. The number of unbranched alkanes of at least 4 members (excludes halogenated alkanes) is 33. The molecule has 0 aromatic rings. The minimum atomic E-state index is -0.792. The van der Waals surface area contributed by atoms with E-state index in [1.165, 1.54) is 154 Å². The Kier molecular flexibility index (Phi) is 65.2. The highest BCUT2D eigenvalue weighted by molar-refractivity contribution is 5.71. The van der Waals surface area contributed by atoms with Gasteiger partial charge in [-0.15, -0.1) is 0 Å². The fraction of sp³-hybridized carbons (Fsp3) is 0.720. The Morgan fingerprint density at radius 3 is 0.778 bits per heavy atom. The van der Waals surface area contributed by atoms with Crippen molar-refractivity contribution < 1.29 is 28.6 Å². The van der Waals surface area contributed by atoms with Crippen molar-refractivity contribution in [3.8, 4) is 0 Å². The van der Waals surface area contributed by atoms with Crippen LogP contribution in [0.3, 0.4) is 0 Å². The summed E-state index contributed by atoms with van der Waals surface area (Å²) in [4.78, 5) is 38.4. The molecule has 0 aliphatic carbocycles. The molecule has 81 heavy (non-hydrogen) atoms. The second-order valence-corrected chi connectivity index (χ2v) is 22.7. The number of esters is 3. The molecule has 0 N–H and O–H groups in total. The number of ether oxygens (including phenoxy) is 3. The van der Waals surface area contributed by atoms with E-state index in [9.17, 15) is 14.4 Å². The van der Waals surface area contributed by atoms with Crippen LogP contribution in [0.25, 0.3) is 0 Å². The average Bonchev–Trinajstić information content (AvgIpc) is 3.47. The summed E-state index contributed by atoms with van der Waals surface area (Å²) in [6.07, 6.45) is 93.8. The maximum absolute atomic E-state index is 13.0. The summed E-state index contributed by atoms with van der Waals surface area (Å²) in [7, 11) is 0. The van der Waals surface area contributed by atoms with Crippen LogP contribution in [0.1, 0.15) is 329 Å². The van der Waals surface area contributed by atoms with Gasteiger partial charge in [-0.3, -0.25) is 14.4 Å². The molecule has 464 valence electrons. The van der Waals surface area contributed by atoms with E-state index >= 15 is 0 Å². The standard InChI is InChI=1S/C75H128O6/c1-4-7-10-13-16-19-22-25-28-31-33-34-35-36-37-38-39-40-42-44-47-50-53-56-59-62-65-68-74(77)80-71-72(70-79-73(76)67-64-61-58-55-52-49-46-43-30-27-24-21-18-15-12-9-6-3)81-75(78)69-66-63-60-57-54-51-48-45-41-32-29-26-23-20-17-14-11-8-5-2/h7,10,16,18-19,21,25,27-28,30,33-34,36-37,39-40,44,47,72H,4-6,8-9,11-15,17,20,22-24,26,29,31-32,35,38,41-43,45-46,48-71H2,1-3H3/b10-7-,19-16-,21-18-,28-25-,30-27-,34-33-,37-36-,40-39-,47-44-. The largest absolute Gasteiger partial charge is 0.462 e. The Labute approximate surface area is 501 Å². The molecule has 0 spiro atoms. The fourth-order valence-electron chi connectivity index (χ4n) is 9.63. The van der Waals surface area contributed by atoms with E-state index in [2.05, 4.69) is 130 Å². The van der Waals surface area contributed by atoms with Crippen molar-refractivity contribution in [3.05, 3.63) is 109 Å². The summed E-state index contributed by atoms with van der Waals surface area (Å²) in [6, 6.07) is 0. The zero-order valence-corrected chi connectivity index (χ0v) is 53.3. The average molecular weight is 1130 g/mol. The molecule has 6 nitrogen and oxygen atoms in total. The van der Waals surface area contributed by atoms with Crippen molar-refractivity contribution in [1.29, 1.82) is 0 Å². The molecule has 1 atom stereocenters. The van der Waals surface area contributed by atoms with Crippen LogP contribution >= 0.6 is 0 Å². The van der Waals surface area contributed by atoms with Gasteiger partial charge in [0.05, 0.1) is 0 Å². The molecule has 0 heterocycles. The minimum Gasteiger partial charge on any atom is -0.462 e. The summed E-state index contributed by atoms with van der Waals surface area (Å²) in [5, 5.41) is 0. The predicted octanol–water partition coefficient (Wildman–Crippen LogP) is 23.8. The van der Waals surface area contributed by atoms with Gasteiger partial charge in [0.15, 0.2) is 6.10 Å². The third-order valence-corrected chi connectivity index (χ3v) is 14.8. The van der Waals surface area contributed by atoms with Crippen molar-refractivity contribution in [1.82, 2.24) is 0 Å². The van der Waals surface area contributed by atoms with Crippen LogP contribution in [0.15, 0.2) is 109 Å². The van der Waals surface area contributed by atoms with Gasteiger partial charge in [-0.1, -0.05) is 310 Å². The van der Waals surface area contributed by atoms with Gasteiger partial charge in [0.1, 0.15) is 13.2 Å². The summed E-state index contributed by atoms with van der Waals surface area (Å²) >= 11 is 0. The molecule has 0 amide bonds. The van der Waals surface area contributed by atoms with E-state index in [-0.39, 0.29) is 31.1 Å². The van der Waals surface area contributed by atoms with E-state index in [0.29, 0.717) is 19.3 Å². The first-order valence-electron chi connectivity index (χ1n) is 34.4. The van der Waals surface area contributed by atoms with Gasteiger partial charge in [-0.05, 0) is 109 Å². The molecular weight excluding hydrogens is 997 g/mol. The van der Waals surface area contributed by atoms with Crippen LogP contribution in [0, 0.1) is 0 Å². The highest BCUT2D eigenvalue weighted by Gasteiger charge is 2.19. The van der Waals surface area contributed by atoms with Crippen LogP contribution < -0.4 is 0 Å². The highest BCUT2D eigenvalue weighted by atomic mass is 16.6. The lowest BCUT2D eigenvalue weighted by Crippen LogP contribution is -2.30. The van der Waals surface area contributed by atoms with E-state index in [0.717, 1.165) is 135 Å². The van der Waals surface area contributed by atoms with Gasteiger partial charge in [-0.25, -0.2) is 0 Å². The summed E-state index contributed by atoms with van der Waals surface area (Å²) in [6.45, 7) is 6.52. The van der Waals surface area contributed by atoms with E-state index in [1.54, 1.807) is 0 Å². The third kappa shape index (κ3) is 66.8. The molecule has 0 aliphatic heterocycles. The van der Waals surface area contributed by atoms with Crippen LogP contribution in [0.2, 0.25) is 0 Å². The molecule has 0 radical (unpaired) electrons. The number of carbonyl (C=O) groups is 3. The van der Waals surface area contributed by atoms with Crippen molar-refractivity contribution in [2.45, 2.75) is 335 Å². The van der Waals surface area contributed by atoms with E-state index in [4.69, 9.17) is 14.2 Å². The maximum Gasteiger partial charge on any atom is 0.306 e. The first kappa shape index (κ1) is 77.1. The topological polar surface area (TPSA) is 78.9 Å². The molecule has 0 aromatic heterocycles. The van der Waals surface area contributed by atoms with Gasteiger partial charge in [0.25, 0.3) is 0 Å². The van der Waals surface area contributed by atoms with Crippen LogP contribution in [-0.2, 0) is 28.6 Å². The fourth-order valence-corrected chi connectivity index (χ4v) is 9.63. The van der Waals surface area contributed by atoms with Gasteiger partial charge < -0.3 is 14.2 Å². The normalized spacial score (nSPS) is 12.8. The molecule has 6 heteroatoms. The number of allylic oxidation sites excluding steroid dienone is 18. The van der Waals surface area contributed by atoms with Crippen molar-refractivity contribution in [2.24, 2.45) is 0 Å². The Morgan fingerprint density at radius 2 is 0.481 bits per heavy atom. The number of hydrogen-bond donors (Lipinski definition) is 0. The molecule has 0 aliphatic rings. The summed E-state index contributed by atoms with van der Waals surface area (Å²) < 4.78 is 17.0. The van der Waals surface area contributed by atoms with Crippen LogP contribution in [0.4, 0.5) is 0 Å².